The Morgan fingerprint density at radius 1 is 1.42 bits per heavy atom. The first-order chi connectivity index (χ1) is 9.22. The number of nitrogens with one attached hydrogen (secondary N) is 1. The Labute approximate surface area is 114 Å². The highest BCUT2D eigenvalue weighted by molar-refractivity contribution is 5.95. The lowest BCUT2D eigenvalue weighted by molar-refractivity contribution is 0.0951. The summed E-state index contributed by atoms with van der Waals surface area (Å²) in [5, 5.41) is 3.02. The molecule has 1 amide bonds. The number of nitrogens with zero attached hydrogens (tertiary/aromatic N) is 2. The van der Waals surface area contributed by atoms with Crippen LogP contribution in [0.25, 0.3) is 0 Å². The summed E-state index contributed by atoms with van der Waals surface area (Å²) in [6.45, 7) is 4.36. The average molecular weight is 259 g/mol. The molecule has 102 valence electrons. The molecule has 1 unspecified atom stereocenters. The molecule has 2 fully saturated rings. The monoisotopic (exact) mass is 259 g/mol. The third kappa shape index (κ3) is 3.06. The van der Waals surface area contributed by atoms with Crippen LogP contribution in [-0.4, -0.2) is 30.0 Å². The van der Waals surface area contributed by atoms with Crippen LogP contribution in [0.4, 0.5) is 5.82 Å². The second-order valence-corrected chi connectivity index (χ2v) is 5.84. The number of carbonyl (C=O) groups is 1. The Bertz CT molecular complexity index is 470. The number of hydrogen-bond acceptors (Lipinski definition) is 3. The van der Waals surface area contributed by atoms with Crippen molar-refractivity contribution < 1.29 is 4.79 Å². The van der Waals surface area contributed by atoms with Gasteiger partial charge in [-0.1, -0.05) is 6.92 Å². The van der Waals surface area contributed by atoms with Gasteiger partial charge >= 0.3 is 0 Å². The fourth-order valence-electron chi connectivity index (χ4n) is 2.63. The van der Waals surface area contributed by atoms with E-state index in [1.165, 1.54) is 12.8 Å². The van der Waals surface area contributed by atoms with Crippen LogP contribution in [0.1, 0.15) is 43.0 Å². The van der Waals surface area contributed by atoms with Gasteiger partial charge in [0.1, 0.15) is 5.82 Å². The second-order valence-electron chi connectivity index (χ2n) is 5.84. The van der Waals surface area contributed by atoms with Gasteiger partial charge in [-0.25, -0.2) is 4.98 Å². The molecule has 0 bridgehead atoms. The van der Waals surface area contributed by atoms with E-state index in [1.807, 2.05) is 6.07 Å². The molecule has 1 saturated carbocycles. The molecule has 4 nitrogen and oxygen atoms in total. The van der Waals surface area contributed by atoms with E-state index < -0.39 is 0 Å². The van der Waals surface area contributed by atoms with Crippen LogP contribution in [0, 0.1) is 5.92 Å². The second kappa shape index (κ2) is 5.19. The van der Waals surface area contributed by atoms with Crippen molar-refractivity contribution in [2.45, 2.75) is 38.6 Å². The molecule has 3 rings (SSSR count). The molecule has 2 heterocycles. The molecule has 1 aliphatic carbocycles. The van der Waals surface area contributed by atoms with Gasteiger partial charge in [-0.2, -0.15) is 0 Å². The summed E-state index contributed by atoms with van der Waals surface area (Å²) < 4.78 is 0. The lowest BCUT2D eigenvalue weighted by atomic mass is 10.0. The number of anilines is 1. The molecule has 1 N–H and O–H groups in total. The number of pyridine rings is 1. The molecule has 4 heteroatoms. The number of amides is 1. The quantitative estimate of drug-likeness (QED) is 0.905. The van der Waals surface area contributed by atoms with Gasteiger partial charge in [0.2, 0.25) is 0 Å². The summed E-state index contributed by atoms with van der Waals surface area (Å²) in [6, 6.07) is 4.13. The normalized spacial score (nSPS) is 23.2. The van der Waals surface area contributed by atoms with Crippen LogP contribution in [0.2, 0.25) is 0 Å². The fourth-order valence-corrected chi connectivity index (χ4v) is 2.63. The van der Waals surface area contributed by atoms with Crippen LogP contribution in [0.5, 0.6) is 0 Å². The first kappa shape index (κ1) is 12.5. The third-order valence-corrected chi connectivity index (χ3v) is 3.90. The maximum Gasteiger partial charge on any atom is 0.251 e. The highest BCUT2D eigenvalue weighted by atomic mass is 16.1. The highest BCUT2D eigenvalue weighted by Gasteiger charge is 2.24. The Balaban J connectivity index is 1.72. The number of rotatable bonds is 3. The minimum Gasteiger partial charge on any atom is -0.356 e. The standard InChI is InChI=1S/C15H21N3O/c1-11-3-2-8-18(10-11)14-9-12(6-7-16-14)15(19)17-13-4-5-13/h6-7,9,11,13H,2-5,8,10H2,1H3,(H,17,19). The van der Waals surface area contributed by atoms with E-state index in [2.05, 4.69) is 22.1 Å². The molecule has 1 saturated heterocycles. The highest BCUT2D eigenvalue weighted by Crippen LogP contribution is 2.23. The smallest absolute Gasteiger partial charge is 0.251 e. The van der Waals surface area contributed by atoms with E-state index in [0.29, 0.717) is 12.0 Å². The number of hydrogen-bond donors (Lipinski definition) is 1. The van der Waals surface area contributed by atoms with Crippen molar-refractivity contribution in [1.82, 2.24) is 10.3 Å². The summed E-state index contributed by atoms with van der Waals surface area (Å²) in [5.41, 5.74) is 0.732. The van der Waals surface area contributed by atoms with Gasteiger partial charge in [-0.3, -0.25) is 4.79 Å². The fraction of sp³-hybridized carbons (Fsp3) is 0.600. The zero-order valence-corrected chi connectivity index (χ0v) is 11.4. The molecule has 19 heavy (non-hydrogen) atoms. The zero-order chi connectivity index (χ0) is 13.2. The van der Waals surface area contributed by atoms with E-state index in [4.69, 9.17) is 0 Å². The van der Waals surface area contributed by atoms with Gasteiger partial charge in [-0.15, -0.1) is 0 Å². The van der Waals surface area contributed by atoms with Crippen molar-refractivity contribution in [3.8, 4) is 0 Å². The summed E-state index contributed by atoms with van der Waals surface area (Å²) in [7, 11) is 0. The number of piperidine rings is 1. The van der Waals surface area contributed by atoms with E-state index in [9.17, 15) is 4.79 Å². The predicted molar refractivity (Wildman–Crippen MR) is 75.3 cm³/mol. The first-order valence-electron chi connectivity index (χ1n) is 7.24. The van der Waals surface area contributed by atoms with Crippen LogP contribution in [-0.2, 0) is 0 Å². The Kier molecular flexibility index (Phi) is 3.40. The maximum atomic E-state index is 12.0. The lowest BCUT2D eigenvalue weighted by Crippen LogP contribution is -2.35. The van der Waals surface area contributed by atoms with Gasteiger partial charge in [0.05, 0.1) is 0 Å². The zero-order valence-electron chi connectivity index (χ0n) is 11.4. The molecule has 0 radical (unpaired) electrons. The summed E-state index contributed by atoms with van der Waals surface area (Å²) in [4.78, 5) is 18.8. The van der Waals surface area contributed by atoms with Crippen molar-refractivity contribution in [3.05, 3.63) is 23.9 Å². The van der Waals surface area contributed by atoms with Gasteiger partial charge in [0.15, 0.2) is 0 Å². The summed E-state index contributed by atoms with van der Waals surface area (Å²) >= 11 is 0. The number of aromatic nitrogens is 1. The minimum absolute atomic E-state index is 0.0382. The molecule has 2 aliphatic rings. The Hall–Kier alpha value is -1.58. The molecule has 1 atom stereocenters. The largest absolute Gasteiger partial charge is 0.356 e. The Morgan fingerprint density at radius 3 is 3.00 bits per heavy atom. The van der Waals surface area contributed by atoms with Crippen LogP contribution >= 0.6 is 0 Å². The molecule has 0 spiro atoms. The predicted octanol–water partition coefficient (Wildman–Crippen LogP) is 2.21. The average Bonchev–Trinajstić information content (AvgIpc) is 3.23. The summed E-state index contributed by atoms with van der Waals surface area (Å²) in [5.74, 6) is 1.69. The SMILES string of the molecule is CC1CCCN(c2cc(C(=O)NC3CC3)ccn2)C1. The number of carbonyl (C=O) groups excluding carboxylic acids is 1. The maximum absolute atomic E-state index is 12.0. The first-order valence-corrected chi connectivity index (χ1v) is 7.24. The van der Waals surface area contributed by atoms with E-state index in [1.54, 1.807) is 12.3 Å². The lowest BCUT2D eigenvalue weighted by Gasteiger charge is -2.31. The minimum atomic E-state index is 0.0382. The third-order valence-electron chi connectivity index (χ3n) is 3.90. The molecule has 1 aromatic rings. The van der Waals surface area contributed by atoms with E-state index >= 15 is 0 Å². The van der Waals surface area contributed by atoms with E-state index in [0.717, 1.165) is 37.3 Å². The van der Waals surface area contributed by atoms with Crippen LogP contribution in [0.3, 0.4) is 0 Å². The van der Waals surface area contributed by atoms with Crippen molar-refractivity contribution in [2.75, 3.05) is 18.0 Å². The van der Waals surface area contributed by atoms with Gasteiger partial charge in [-0.05, 0) is 43.7 Å². The molecule has 0 aromatic carbocycles. The van der Waals surface area contributed by atoms with Crippen molar-refractivity contribution in [3.63, 3.8) is 0 Å². The van der Waals surface area contributed by atoms with Crippen molar-refractivity contribution in [2.24, 2.45) is 5.92 Å². The van der Waals surface area contributed by atoms with Gasteiger partial charge < -0.3 is 10.2 Å². The van der Waals surface area contributed by atoms with Crippen LogP contribution in [0.15, 0.2) is 18.3 Å². The van der Waals surface area contributed by atoms with Crippen molar-refractivity contribution in [1.29, 1.82) is 0 Å². The molecule has 1 aromatic heterocycles. The molecule has 1 aliphatic heterocycles. The van der Waals surface area contributed by atoms with E-state index in [-0.39, 0.29) is 5.91 Å². The van der Waals surface area contributed by atoms with Crippen LogP contribution < -0.4 is 10.2 Å². The molecular weight excluding hydrogens is 238 g/mol. The van der Waals surface area contributed by atoms with Gasteiger partial charge in [0, 0.05) is 30.9 Å². The van der Waals surface area contributed by atoms with Crippen molar-refractivity contribution >= 4 is 11.7 Å². The van der Waals surface area contributed by atoms with Gasteiger partial charge in [0.25, 0.3) is 5.91 Å². The summed E-state index contributed by atoms with van der Waals surface area (Å²) in [6.07, 6.45) is 6.48. The Morgan fingerprint density at radius 2 is 2.26 bits per heavy atom. The topological polar surface area (TPSA) is 45.2 Å². The molecular formula is C15H21N3O.